The molecule has 54 valence electrons. The summed E-state index contributed by atoms with van der Waals surface area (Å²) in [6.07, 6.45) is 8.35. The van der Waals surface area contributed by atoms with Crippen molar-refractivity contribution in [2.45, 2.75) is 6.42 Å². The summed E-state index contributed by atoms with van der Waals surface area (Å²) in [7, 11) is 0. The third kappa shape index (κ3) is 1.19. The lowest BCUT2D eigenvalue weighted by Gasteiger charge is -1.97. The summed E-state index contributed by atoms with van der Waals surface area (Å²) in [5.41, 5.74) is 2.22. The third-order valence-corrected chi connectivity index (χ3v) is 1.65. The zero-order valence-electron chi connectivity index (χ0n) is 6.07. The lowest BCUT2D eigenvalue weighted by atomic mass is 10.1. The summed E-state index contributed by atoms with van der Waals surface area (Å²) in [5.74, 6) is 0. The predicted octanol–water partition coefficient (Wildman–Crippen LogP) is 1.57. The zero-order chi connectivity index (χ0) is 7.52. The Morgan fingerprint density at radius 3 is 3.36 bits per heavy atom. The number of rotatable bonds is 0. The van der Waals surface area contributed by atoms with E-state index >= 15 is 0 Å². The van der Waals surface area contributed by atoms with Gasteiger partial charge in [0, 0.05) is 12.4 Å². The lowest BCUT2D eigenvalue weighted by molar-refractivity contribution is 1.18. The molecule has 0 aliphatic carbocycles. The first-order valence-electron chi connectivity index (χ1n) is 3.59. The molecule has 2 rings (SSSR count). The van der Waals surface area contributed by atoms with Gasteiger partial charge in [-0.15, -0.1) is 0 Å². The SMILES string of the molecule is C1=CN=Cc2ncccc2C1. The minimum atomic E-state index is 0.934. The Morgan fingerprint density at radius 2 is 2.36 bits per heavy atom. The monoisotopic (exact) mass is 144 g/mol. The van der Waals surface area contributed by atoms with E-state index in [9.17, 15) is 0 Å². The van der Waals surface area contributed by atoms with Gasteiger partial charge in [-0.3, -0.25) is 9.98 Å². The van der Waals surface area contributed by atoms with E-state index < -0.39 is 0 Å². The molecule has 1 aliphatic rings. The van der Waals surface area contributed by atoms with Crippen LogP contribution >= 0.6 is 0 Å². The van der Waals surface area contributed by atoms with Gasteiger partial charge in [0.25, 0.3) is 0 Å². The number of allylic oxidation sites excluding steroid dienone is 1. The molecule has 0 N–H and O–H groups in total. The fraction of sp³-hybridized carbons (Fsp3) is 0.111. The molecule has 1 aliphatic heterocycles. The molecule has 2 heteroatoms. The van der Waals surface area contributed by atoms with Crippen LogP contribution in [0.1, 0.15) is 11.3 Å². The van der Waals surface area contributed by atoms with Crippen molar-refractivity contribution >= 4 is 6.21 Å². The summed E-state index contributed by atoms with van der Waals surface area (Å²) in [6.45, 7) is 0. The van der Waals surface area contributed by atoms with E-state index in [1.807, 2.05) is 18.3 Å². The quantitative estimate of drug-likeness (QED) is 0.542. The maximum atomic E-state index is 4.19. The van der Waals surface area contributed by atoms with Gasteiger partial charge < -0.3 is 0 Å². The van der Waals surface area contributed by atoms with Crippen LogP contribution < -0.4 is 0 Å². The highest BCUT2D eigenvalue weighted by Gasteiger charge is 1.99. The maximum absolute atomic E-state index is 4.19. The van der Waals surface area contributed by atoms with Crippen molar-refractivity contribution in [1.29, 1.82) is 0 Å². The highest BCUT2D eigenvalue weighted by Crippen LogP contribution is 2.06. The van der Waals surface area contributed by atoms with Gasteiger partial charge in [-0.05, 0) is 18.1 Å². The van der Waals surface area contributed by atoms with E-state index in [1.54, 1.807) is 12.4 Å². The summed E-state index contributed by atoms with van der Waals surface area (Å²) in [4.78, 5) is 8.23. The third-order valence-electron chi connectivity index (χ3n) is 1.65. The number of pyridine rings is 1. The Kier molecular flexibility index (Phi) is 1.52. The molecule has 1 aromatic rings. The minimum Gasteiger partial charge on any atom is -0.263 e. The molecule has 0 unspecified atom stereocenters. The van der Waals surface area contributed by atoms with Gasteiger partial charge in [0.2, 0.25) is 0 Å². The molecule has 0 atom stereocenters. The average Bonchev–Trinajstić information content (AvgIpc) is 2.28. The van der Waals surface area contributed by atoms with Crippen molar-refractivity contribution in [3.63, 3.8) is 0 Å². The minimum absolute atomic E-state index is 0.934. The summed E-state index contributed by atoms with van der Waals surface area (Å²) in [6, 6.07) is 4.02. The van der Waals surface area contributed by atoms with Crippen molar-refractivity contribution in [3.05, 3.63) is 41.9 Å². The number of hydrogen-bond acceptors (Lipinski definition) is 2. The molecule has 0 aromatic carbocycles. The van der Waals surface area contributed by atoms with E-state index in [4.69, 9.17) is 0 Å². The molecular formula is C9H8N2. The Hall–Kier alpha value is -1.44. The first kappa shape index (κ1) is 6.28. The van der Waals surface area contributed by atoms with E-state index in [0.717, 1.165) is 12.1 Å². The van der Waals surface area contributed by atoms with Crippen LogP contribution in [0.15, 0.2) is 35.6 Å². The van der Waals surface area contributed by atoms with Gasteiger partial charge in [-0.25, -0.2) is 0 Å². The number of aromatic nitrogens is 1. The fourth-order valence-electron chi connectivity index (χ4n) is 1.09. The number of aliphatic imine (C=N–C) groups is 1. The lowest BCUT2D eigenvalue weighted by Crippen LogP contribution is -1.92. The standard InChI is InChI=1S/C9H8N2/c1-3-8-4-2-6-11-9(8)7-10-5-1/h1-2,4-7H,3H2. The second kappa shape index (κ2) is 2.66. The molecule has 2 nitrogen and oxygen atoms in total. The van der Waals surface area contributed by atoms with Gasteiger partial charge in [-0.1, -0.05) is 12.1 Å². The normalized spacial score (nSPS) is 14.2. The maximum Gasteiger partial charge on any atom is 0.0847 e. The van der Waals surface area contributed by atoms with E-state index in [1.165, 1.54) is 5.56 Å². The predicted molar refractivity (Wildman–Crippen MR) is 44.7 cm³/mol. The van der Waals surface area contributed by atoms with E-state index in [0.29, 0.717) is 0 Å². The smallest absolute Gasteiger partial charge is 0.0847 e. The summed E-state index contributed by atoms with van der Waals surface area (Å²) < 4.78 is 0. The first-order valence-corrected chi connectivity index (χ1v) is 3.59. The number of fused-ring (bicyclic) bond motifs is 1. The van der Waals surface area contributed by atoms with Crippen molar-refractivity contribution < 1.29 is 0 Å². The summed E-state index contributed by atoms with van der Waals surface area (Å²) in [5, 5.41) is 0. The Balaban J connectivity index is 2.52. The zero-order valence-corrected chi connectivity index (χ0v) is 6.07. The van der Waals surface area contributed by atoms with Crippen LogP contribution in [0.3, 0.4) is 0 Å². The van der Waals surface area contributed by atoms with Crippen LogP contribution in [0.4, 0.5) is 0 Å². The van der Waals surface area contributed by atoms with Crippen LogP contribution in [0.5, 0.6) is 0 Å². The highest BCUT2D eigenvalue weighted by molar-refractivity contribution is 5.80. The van der Waals surface area contributed by atoms with Gasteiger partial charge in [0.05, 0.1) is 11.9 Å². The Bertz CT molecular complexity index is 313. The molecule has 0 bridgehead atoms. The van der Waals surface area contributed by atoms with Gasteiger partial charge >= 0.3 is 0 Å². The first-order chi connectivity index (χ1) is 5.47. The van der Waals surface area contributed by atoms with Gasteiger partial charge in [-0.2, -0.15) is 0 Å². The Morgan fingerprint density at radius 1 is 1.36 bits per heavy atom. The van der Waals surface area contributed by atoms with Crippen LogP contribution in [-0.2, 0) is 6.42 Å². The molecule has 0 saturated carbocycles. The van der Waals surface area contributed by atoms with E-state index in [2.05, 4.69) is 16.0 Å². The number of hydrogen-bond donors (Lipinski definition) is 0. The Labute approximate surface area is 65.3 Å². The molecule has 1 aromatic heterocycles. The molecule has 11 heavy (non-hydrogen) atoms. The van der Waals surface area contributed by atoms with Crippen LogP contribution in [0.2, 0.25) is 0 Å². The van der Waals surface area contributed by atoms with Gasteiger partial charge in [0.15, 0.2) is 0 Å². The van der Waals surface area contributed by atoms with Crippen LogP contribution in [0.25, 0.3) is 0 Å². The van der Waals surface area contributed by atoms with Crippen molar-refractivity contribution in [2.75, 3.05) is 0 Å². The second-order valence-electron chi connectivity index (χ2n) is 2.41. The molecule has 0 radical (unpaired) electrons. The molecule has 2 heterocycles. The largest absolute Gasteiger partial charge is 0.263 e. The molecule has 0 saturated heterocycles. The van der Waals surface area contributed by atoms with Crippen molar-refractivity contribution in [3.8, 4) is 0 Å². The highest BCUT2D eigenvalue weighted by atomic mass is 14.7. The number of nitrogens with zero attached hydrogens (tertiary/aromatic N) is 2. The van der Waals surface area contributed by atoms with Crippen molar-refractivity contribution in [1.82, 2.24) is 4.98 Å². The summed E-state index contributed by atoms with van der Waals surface area (Å²) >= 11 is 0. The van der Waals surface area contributed by atoms with Crippen LogP contribution in [0, 0.1) is 0 Å². The van der Waals surface area contributed by atoms with Crippen molar-refractivity contribution in [2.24, 2.45) is 4.99 Å². The van der Waals surface area contributed by atoms with E-state index in [-0.39, 0.29) is 0 Å². The molecular weight excluding hydrogens is 136 g/mol. The topological polar surface area (TPSA) is 25.2 Å². The second-order valence-corrected chi connectivity index (χ2v) is 2.41. The average molecular weight is 144 g/mol. The molecule has 0 amide bonds. The molecule has 0 fully saturated rings. The molecule has 0 spiro atoms. The van der Waals surface area contributed by atoms with Gasteiger partial charge in [0.1, 0.15) is 0 Å². The van der Waals surface area contributed by atoms with Crippen LogP contribution in [-0.4, -0.2) is 11.2 Å². The fourth-order valence-corrected chi connectivity index (χ4v) is 1.09.